The summed E-state index contributed by atoms with van der Waals surface area (Å²) in [4.78, 5) is 25.3. The molecule has 0 heterocycles. The van der Waals surface area contributed by atoms with Crippen molar-refractivity contribution in [3.05, 3.63) is 29.8 Å². The molecule has 0 radical (unpaired) electrons. The maximum absolute atomic E-state index is 12.0. The third kappa shape index (κ3) is 6.48. The molecular weight excluding hydrogens is 308 g/mol. The number of aliphatic carboxylic acids is 1. The molecule has 1 aromatic rings. The van der Waals surface area contributed by atoms with Gasteiger partial charge in [-0.2, -0.15) is 0 Å². The molecule has 0 unspecified atom stereocenters. The first-order valence-corrected chi connectivity index (χ1v) is 8.22. The SMILES string of the molecule is CCN(CC)c1ccc([C@H](CC(=O)O)NC(=O)OC(C)(C)C)cc1. The molecule has 0 aliphatic heterocycles. The number of carbonyl (C=O) groups is 2. The second-order valence-electron chi connectivity index (χ2n) is 6.56. The molecule has 0 fully saturated rings. The van der Waals surface area contributed by atoms with Crippen molar-refractivity contribution in [3.8, 4) is 0 Å². The van der Waals surface area contributed by atoms with E-state index < -0.39 is 23.7 Å². The Morgan fingerprint density at radius 1 is 1.17 bits per heavy atom. The van der Waals surface area contributed by atoms with Crippen molar-refractivity contribution < 1.29 is 19.4 Å². The summed E-state index contributed by atoms with van der Waals surface area (Å²) in [5.74, 6) is -0.983. The van der Waals surface area contributed by atoms with Crippen LogP contribution in [0.1, 0.15) is 52.6 Å². The lowest BCUT2D eigenvalue weighted by molar-refractivity contribution is -0.137. The van der Waals surface area contributed by atoms with E-state index in [0.717, 1.165) is 24.3 Å². The van der Waals surface area contributed by atoms with Crippen LogP contribution in [-0.2, 0) is 9.53 Å². The molecule has 6 heteroatoms. The number of alkyl carbamates (subject to hydrolysis) is 1. The van der Waals surface area contributed by atoms with Gasteiger partial charge in [-0.3, -0.25) is 4.79 Å². The van der Waals surface area contributed by atoms with Gasteiger partial charge >= 0.3 is 12.1 Å². The highest BCUT2D eigenvalue weighted by Gasteiger charge is 2.22. The molecule has 0 aromatic heterocycles. The summed E-state index contributed by atoms with van der Waals surface area (Å²) in [5, 5.41) is 11.8. The molecular formula is C18H28N2O4. The predicted octanol–water partition coefficient (Wildman–Crippen LogP) is 3.57. The average molecular weight is 336 g/mol. The van der Waals surface area contributed by atoms with Gasteiger partial charge in [-0.15, -0.1) is 0 Å². The Balaban J connectivity index is 2.91. The minimum absolute atomic E-state index is 0.205. The van der Waals surface area contributed by atoms with Crippen LogP contribution < -0.4 is 10.2 Å². The minimum Gasteiger partial charge on any atom is -0.481 e. The molecule has 0 saturated heterocycles. The van der Waals surface area contributed by atoms with Gasteiger partial charge in [0.25, 0.3) is 0 Å². The highest BCUT2D eigenvalue weighted by molar-refractivity contribution is 5.72. The fraction of sp³-hybridized carbons (Fsp3) is 0.556. The molecule has 6 nitrogen and oxygen atoms in total. The van der Waals surface area contributed by atoms with E-state index in [1.54, 1.807) is 20.8 Å². The zero-order valence-corrected chi connectivity index (χ0v) is 15.1. The maximum atomic E-state index is 12.0. The standard InChI is InChI=1S/C18H28N2O4/c1-6-20(7-2)14-10-8-13(9-11-14)15(12-16(21)22)19-17(23)24-18(3,4)5/h8-11,15H,6-7,12H2,1-5H3,(H,19,23)(H,21,22)/t15-/m0/s1. The number of carboxylic acid groups (broad SMARTS) is 1. The van der Waals surface area contributed by atoms with Gasteiger partial charge in [0, 0.05) is 18.8 Å². The number of amides is 1. The second-order valence-corrected chi connectivity index (χ2v) is 6.56. The normalized spacial score (nSPS) is 12.4. The maximum Gasteiger partial charge on any atom is 0.408 e. The topological polar surface area (TPSA) is 78.9 Å². The monoisotopic (exact) mass is 336 g/mol. The van der Waals surface area contributed by atoms with Gasteiger partial charge in [0.15, 0.2) is 0 Å². The Bertz CT molecular complexity index is 545. The highest BCUT2D eigenvalue weighted by atomic mass is 16.6. The van der Waals surface area contributed by atoms with Gasteiger partial charge in [0.1, 0.15) is 5.60 Å². The lowest BCUT2D eigenvalue weighted by atomic mass is 10.0. The molecule has 1 amide bonds. The third-order valence-electron chi connectivity index (χ3n) is 3.49. The first-order valence-electron chi connectivity index (χ1n) is 8.22. The average Bonchev–Trinajstić information content (AvgIpc) is 2.46. The Kier molecular flexibility index (Phi) is 7.07. The number of anilines is 1. The smallest absolute Gasteiger partial charge is 0.408 e. The van der Waals surface area contributed by atoms with Crippen LogP contribution in [0.4, 0.5) is 10.5 Å². The number of hydrogen-bond acceptors (Lipinski definition) is 4. The van der Waals surface area contributed by atoms with E-state index in [1.807, 2.05) is 24.3 Å². The number of nitrogens with zero attached hydrogens (tertiary/aromatic N) is 1. The van der Waals surface area contributed by atoms with Crippen LogP contribution >= 0.6 is 0 Å². The lowest BCUT2D eigenvalue weighted by Crippen LogP contribution is -2.35. The van der Waals surface area contributed by atoms with Crippen LogP contribution in [0.25, 0.3) is 0 Å². The van der Waals surface area contributed by atoms with Crippen LogP contribution in [0, 0.1) is 0 Å². The Morgan fingerprint density at radius 3 is 2.12 bits per heavy atom. The van der Waals surface area contributed by atoms with E-state index in [0.29, 0.717) is 0 Å². The fourth-order valence-corrected chi connectivity index (χ4v) is 2.38. The van der Waals surface area contributed by atoms with Gasteiger partial charge in [0.2, 0.25) is 0 Å². The quantitative estimate of drug-likeness (QED) is 0.796. The van der Waals surface area contributed by atoms with E-state index in [4.69, 9.17) is 9.84 Å². The largest absolute Gasteiger partial charge is 0.481 e. The Labute approximate surface area is 143 Å². The summed E-state index contributed by atoms with van der Waals surface area (Å²) >= 11 is 0. The van der Waals surface area contributed by atoms with E-state index in [9.17, 15) is 9.59 Å². The lowest BCUT2D eigenvalue weighted by Gasteiger charge is -2.24. The van der Waals surface area contributed by atoms with E-state index in [2.05, 4.69) is 24.1 Å². The molecule has 0 bridgehead atoms. The van der Waals surface area contributed by atoms with Crippen molar-refractivity contribution in [1.82, 2.24) is 5.32 Å². The van der Waals surface area contributed by atoms with Gasteiger partial charge in [0.05, 0.1) is 12.5 Å². The predicted molar refractivity (Wildman–Crippen MR) is 94.4 cm³/mol. The number of ether oxygens (including phenoxy) is 1. The van der Waals surface area contributed by atoms with E-state index in [1.165, 1.54) is 0 Å². The van der Waals surface area contributed by atoms with Gasteiger partial charge in [-0.1, -0.05) is 12.1 Å². The Hall–Kier alpha value is -2.24. The molecule has 2 N–H and O–H groups in total. The number of carboxylic acids is 1. The number of carbonyl (C=O) groups excluding carboxylic acids is 1. The summed E-state index contributed by atoms with van der Waals surface area (Å²) in [5.41, 5.74) is 1.17. The zero-order valence-electron chi connectivity index (χ0n) is 15.1. The van der Waals surface area contributed by atoms with Crippen molar-refractivity contribution >= 4 is 17.7 Å². The highest BCUT2D eigenvalue weighted by Crippen LogP contribution is 2.22. The van der Waals surface area contributed by atoms with E-state index in [-0.39, 0.29) is 6.42 Å². The van der Waals surface area contributed by atoms with Crippen molar-refractivity contribution in [2.24, 2.45) is 0 Å². The van der Waals surface area contributed by atoms with Crippen molar-refractivity contribution in [1.29, 1.82) is 0 Å². The van der Waals surface area contributed by atoms with Gasteiger partial charge in [-0.25, -0.2) is 4.79 Å². The van der Waals surface area contributed by atoms with Gasteiger partial charge in [-0.05, 0) is 52.3 Å². The molecule has 1 aromatic carbocycles. The molecule has 24 heavy (non-hydrogen) atoms. The molecule has 134 valence electrons. The molecule has 1 atom stereocenters. The van der Waals surface area contributed by atoms with Crippen LogP contribution in [0.15, 0.2) is 24.3 Å². The first kappa shape index (κ1) is 19.8. The first-order chi connectivity index (χ1) is 11.2. The molecule has 0 aliphatic carbocycles. The minimum atomic E-state index is -0.983. The van der Waals surface area contributed by atoms with E-state index >= 15 is 0 Å². The van der Waals surface area contributed by atoms with Crippen LogP contribution in [0.5, 0.6) is 0 Å². The third-order valence-corrected chi connectivity index (χ3v) is 3.49. The number of hydrogen-bond donors (Lipinski definition) is 2. The Morgan fingerprint density at radius 2 is 1.71 bits per heavy atom. The summed E-state index contributed by atoms with van der Waals surface area (Å²) in [6.45, 7) is 11.2. The number of nitrogens with one attached hydrogen (secondary N) is 1. The summed E-state index contributed by atoms with van der Waals surface area (Å²) in [7, 11) is 0. The summed E-state index contributed by atoms with van der Waals surface area (Å²) in [6, 6.07) is 6.93. The summed E-state index contributed by atoms with van der Waals surface area (Å²) in [6.07, 6.45) is -0.828. The van der Waals surface area contributed by atoms with Crippen LogP contribution in [0.3, 0.4) is 0 Å². The second kappa shape index (κ2) is 8.57. The molecule has 0 saturated carbocycles. The van der Waals surface area contributed by atoms with Crippen LogP contribution in [0.2, 0.25) is 0 Å². The van der Waals surface area contributed by atoms with Gasteiger partial charge < -0.3 is 20.1 Å². The molecule has 1 rings (SSSR count). The number of benzene rings is 1. The van der Waals surface area contributed by atoms with Crippen molar-refractivity contribution in [2.75, 3.05) is 18.0 Å². The van der Waals surface area contributed by atoms with Crippen molar-refractivity contribution in [2.45, 2.75) is 52.7 Å². The van der Waals surface area contributed by atoms with Crippen molar-refractivity contribution in [3.63, 3.8) is 0 Å². The molecule has 0 aliphatic rings. The summed E-state index contributed by atoms with van der Waals surface area (Å²) < 4.78 is 5.22. The van der Waals surface area contributed by atoms with Crippen LogP contribution in [-0.4, -0.2) is 35.9 Å². The number of rotatable bonds is 7. The zero-order chi connectivity index (χ0) is 18.3. The molecule has 0 spiro atoms. The fourth-order valence-electron chi connectivity index (χ4n) is 2.38.